The van der Waals surface area contributed by atoms with Crippen molar-refractivity contribution in [3.63, 3.8) is 0 Å². The molecule has 1 aromatic heterocycles. The number of hydrogen-bond acceptors (Lipinski definition) is 6. The molecule has 0 spiro atoms. The van der Waals surface area contributed by atoms with Gasteiger partial charge in [-0.2, -0.15) is 0 Å². The van der Waals surface area contributed by atoms with Gasteiger partial charge in [-0.3, -0.25) is 9.59 Å². The van der Waals surface area contributed by atoms with Gasteiger partial charge in [0.2, 0.25) is 0 Å². The predicted octanol–water partition coefficient (Wildman–Crippen LogP) is 3.47. The van der Waals surface area contributed by atoms with Crippen molar-refractivity contribution in [2.24, 2.45) is 0 Å². The van der Waals surface area contributed by atoms with Crippen LogP contribution in [-0.4, -0.2) is 49.9 Å². The number of nitrogens with zero attached hydrogens (tertiary/aromatic N) is 2. The third-order valence-electron chi connectivity index (χ3n) is 6.17. The second kappa shape index (κ2) is 9.39. The molecule has 3 aromatic rings. The maximum Gasteiger partial charge on any atom is 0.290 e. The van der Waals surface area contributed by atoms with E-state index < -0.39 is 21.8 Å². The molecule has 174 valence electrons. The summed E-state index contributed by atoms with van der Waals surface area (Å²) in [5, 5.41) is 0.399. The molecular weight excluding hydrogens is 440 g/mol. The lowest BCUT2D eigenvalue weighted by atomic mass is 10.1. The Morgan fingerprint density at radius 2 is 1.76 bits per heavy atom. The van der Waals surface area contributed by atoms with Gasteiger partial charge in [0.05, 0.1) is 16.9 Å². The summed E-state index contributed by atoms with van der Waals surface area (Å²) < 4.78 is 30.1. The molecule has 7 nitrogen and oxygen atoms in total. The molecule has 1 aliphatic heterocycles. The summed E-state index contributed by atoms with van der Waals surface area (Å²) in [4.78, 5) is 29.8. The highest BCUT2D eigenvalue weighted by Crippen LogP contribution is 2.24. The molecule has 1 atom stereocenters. The first-order valence-corrected chi connectivity index (χ1v) is 13.0. The molecule has 33 heavy (non-hydrogen) atoms. The maximum atomic E-state index is 13.5. The zero-order valence-electron chi connectivity index (χ0n) is 18.9. The van der Waals surface area contributed by atoms with Crippen molar-refractivity contribution in [2.75, 3.05) is 29.5 Å². The molecule has 1 saturated heterocycles. The Labute approximate surface area is 193 Å². The SMILES string of the molecule is CCN(CC)c1ccc(CN(C(=O)c2cc(=O)c3ccccc3o2)[C@@H]2CCS(=O)(=O)C2)cc1. The number of benzene rings is 2. The average Bonchev–Trinajstić information content (AvgIpc) is 3.18. The number of rotatable bonds is 7. The third-order valence-corrected chi connectivity index (χ3v) is 7.92. The van der Waals surface area contributed by atoms with Crippen LogP contribution in [-0.2, 0) is 16.4 Å². The van der Waals surface area contributed by atoms with E-state index in [1.165, 1.54) is 11.0 Å². The topological polar surface area (TPSA) is 87.9 Å². The highest BCUT2D eigenvalue weighted by molar-refractivity contribution is 7.91. The largest absolute Gasteiger partial charge is 0.451 e. The first-order chi connectivity index (χ1) is 15.8. The minimum Gasteiger partial charge on any atom is -0.451 e. The summed E-state index contributed by atoms with van der Waals surface area (Å²) in [6.45, 7) is 6.20. The van der Waals surface area contributed by atoms with Gasteiger partial charge in [0, 0.05) is 37.4 Å². The predicted molar refractivity (Wildman–Crippen MR) is 129 cm³/mol. The van der Waals surface area contributed by atoms with Crippen molar-refractivity contribution in [2.45, 2.75) is 32.9 Å². The zero-order chi connectivity index (χ0) is 23.6. The molecule has 0 radical (unpaired) electrons. The summed E-state index contributed by atoms with van der Waals surface area (Å²) in [7, 11) is -3.21. The number of carbonyl (C=O) groups is 1. The second-order valence-corrected chi connectivity index (χ2v) is 10.5. The normalized spacial score (nSPS) is 17.2. The van der Waals surface area contributed by atoms with Crippen LogP contribution in [0.1, 0.15) is 36.4 Å². The Kier molecular flexibility index (Phi) is 6.56. The van der Waals surface area contributed by atoms with E-state index in [2.05, 4.69) is 18.7 Å². The summed E-state index contributed by atoms with van der Waals surface area (Å²) in [5.41, 5.74) is 2.00. The van der Waals surface area contributed by atoms with E-state index in [9.17, 15) is 18.0 Å². The lowest BCUT2D eigenvalue weighted by Crippen LogP contribution is -2.41. The standard InChI is InChI=1S/C25H28N2O5S/c1-3-26(4-2)19-11-9-18(10-12-19)16-27(20-13-14-33(30,31)17-20)25(29)24-15-22(28)21-7-5-6-8-23(21)32-24/h5-12,15,20H,3-4,13-14,16-17H2,1-2H3/t20-/m1/s1. The van der Waals surface area contributed by atoms with E-state index in [4.69, 9.17) is 4.42 Å². The minimum absolute atomic E-state index is 0.0456. The molecule has 0 unspecified atom stereocenters. The fraction of sp³-hybridized carbons (Fsp3) is 0.360. The smallest absolute Gasteiger partial charge is 0.290 e. The number of anilines is 1. The van der Waals surface area contributed by atoms with Crippen LogP contribution in [0.25, 0.3) is 11.0 Å². The number of sulfone groups is 1. The van der Waals surface area contributed by atoms with E-state index in [0.29, 0.717) is 17.4 Å². The summed E-state index contributed by atoms with van der Waals surface area (Å²) in [6.07, 6.45) is 0.365. The van der Waals surface area contributed by atoms with Crippen molar-refractivity contribution < 1.29 is 17.6 Å². The molecule has 1 fully saturated rings. The molecule has 2 heterocycles. The van der Waals surface area contributed by atoms with E-state index in [0.717, 1.165) is 24.3 Å². The van der Waals surface area contributed by atoms with Crippen LogP contribution >= 0.6 is 0 Å². The number of hydrogen-bond donors (Lipinski definition) is 0. The fourth-order valence-electron chi connectivity index (χ4n) is 4.34. The van der Waals surface area contributed by atoms with Gasteiger partial charge in [-0.05, 0) is 50.1 Å². The Bertz CT molecular complexity index is 1310. The monoisotopic (exact) mass is 468 g/mol. The van der Waals surface area contributed by atoms with Crippen molar-refractivity contribution in [3.8, 4) is 0 Å². The molecular formula is C25H28N2O5S. The van der Waals surface area contributed by atoms with Gasteiger partial charge in [-0.25, -0.2) is 8.42 Å². The van der Waals surface area contributed by atoms with Gasteiger partial charge in [0.25, 0.3) is 5.91 Å². The summed E-state index contributed by atoms with van der Waals surface area (Å²) in [5.74, 6) is -0.603. The lowest BCUT2D eigenvalue weighted by Gasteiger charge is -2.28. The van der Waals surface area contributed by atoms with Crippen LogP contribution in [0.15, 0.2) is 63.8 Å². The summed E-state index contributed by atoms with van der Waals surface area (Å²) >= 11 is 0. The van der Waals surface area contributed by atoms with E-state index in [1.807, 2.05) is 24.3 Å². The third kappa shape index (κ3) is 4.95. The highest BCUT2D eigenvalue weighted by atomic mass is 32.2. The Balaban J connectivity index is 1.67. The van der Waals surface area contributed by atoms with Crippen LogP contribution in [0.2, 0.25) is 0 Å². The van der Waals surface area contributed by atoms with Crippen LogP contribution in [0, 0.1) is 0 Å². The molecule has 0 aliphatic carbocycles. The zero-order valence-corrected chi connectivity index (χ0v) is 19.7. The number of para-hydroxylation sites is 1. The average molecular weight is 469 g/mol. The molecule has 0 saturated carbocycles. The first kappa shape index (κ1) is 23.0. The first-order valence-electron chi connectivity index (χ1n) is 11.2. The van der Waals surface area contributed by atoms with Crippen molar-refractivity contribution in [1.82, 2.24) is 4.90 Å². The maximum absolute atomic E-state index is 13.5. The summed E-state index contributed by atoms with van der Waals surface area (Å²) in [6, 6.07) is 15.4. The quantitative estimate of drug-likeness (QED) is 0.528. The van der Waals surface area contributed by atoms with Gasteiger partial charge in [-0.1, -0.05) is 24.3 Å². The number of amides is 1. The second-order valence-electron chi connectivity index (χ2n) is 8.30. The van der Waals surface area contributed by atoms with E-state index in [-0.39, 0.29) is 29.2 Å². The molecule has 1 amide bonds. The molecule has 8 heteroatoms. The van der Waals surface area contributed by atoms with Crippen LogP contribution in [0.4, 0.5) is 5.69 Å². The Hall–Kier alpha value is -3.13. The van der Waals surface area contributed by atoms with Crippen molar-refractivity contribution in [3.05, 3.63) is 76.1 Å². The van der Waals surface area contributed by atoms with Gasteiger partial charge in [0.15, 0.2) is 21.0 Å². The lowest BCUT2D eigenvalue weighted by molar-refractivity contribution is 0.0648. The molecule has 1 aliphatic rings. The van der Waals surface area contributed by atoms with Crippen LogP contribution in [0.5, 0.6) is 0 Å². The molecule has 0 bridgehead atoms. The fourth-order valence-corrected chi connectivity index (χ4v) is 6.07. The Morgan fingerprint density at radius 3 is 2.39 bits per heavy atom. The molecule has 0 N–H and O–H groups in total. The van der Waals surface area contributed by atoms with E-state index in [1.54, 1.807) is 24.3 Å². The van der Waals surface area contributed by atoms with Gasteiger partial charge in [-0.15, -0.1) is 0 Å². The van der Waals surface area contributed by atoms with Gasteiger partial charge >= 0.3 is 0 Å². The number of fused-ring (bicyclic) bond motifs is 1. The van der Waals surface area contributed by atoms with Crippen LogP contribution < -0.4 is 10.3 Å². The van der Waals surface area contributed by atoms with Crippen molar-refractivity contribution >= 4 is 32.4 Å². The minimum atomic E-state index is -3.21. The van der Waals surface area contributed by atoms with Crippen molar-refractivity contribution in [1.29, 1.82) is 0 Å². The molecule has 4 rings (SSSR count). The Morgan fingerprint density at radius 1 is 1.06 bits per heavy atom. The van der Waals surface area contributed by atoms with Gasteiger partial charge in [0.1, 0.15) is 5.58 Å². The molecule has 2 aromatic carbocycles. The number of carbonyl (C=O) groups excluding carboxylic acids is 1. The highest BCUT2D eigenvalue weighted by Gasteiger charge is 2.36. The van der Waals surface area contributed by atoms with E-state index >= 15 is 0 Å². The van der Waals surface area contributed by atoms with Crippen LogP contribution in [0.3, 0.4) is 0 Å². The van der Waals surface area contributed by atoms with Gasteiger partial charge < -0.3 is 14.2 Å².